The summed E-state index contributed by atoms with van der Waals surface area (Å²) in [5, 5.41) is 10.9. The summed E-state index contributed by atoms with van der Waals surface area (Å²) in [7, 11) is 3.44. The molecule has 2 N–H and O–H groups in total. The van der Waals surface area contributed by atoms with E-state index in [4.69, 9.17) is 4.74 Å². The number of rotatable bonds is 6. The molecule has 0 bridgehead atoms. The van der Waals surface area contributed by atoms with Crippen molar-refractivity contribution in [2.45, 2.75) is 13.1 Å². The van der Waals surface area contributed by atoms with Crippen molar-refractivity contribution in [3.63, 3.8) is 0 Å². The summed E-state index contributed by atoms with van der Waals surface area (Å²) in [4.78, 5) is 4.28. The van der Waals surface area contributed by atoms with E-state index >= 15 is 0 Å². The molecule has 1 heterocycles. The molecular formula is C20H23N5O. The molecule has 0 aliphatic heterocycles. The van der Waals surface area contributed by atoms with Gasteiger partial charge in [0, 0.05) is 38.1 Å². The second-order valence-corrected chi connectivity index (χ2v) is 5.71. The van der Waals surface area contributed by atoms with Crippen LogP contribution in [0.5, 0.6) is 5.75 Å². The minimum Gasteiger partial charge on any atom is -0.496 e. The Morgan fingerprint density at radius 3 is 2.69 bits per heavy atom. The van der Waals surface area contributed by atoms with Crippen molar-refractivity contribution in [1.29, 1.82) is 0 Å². The second-order valence-electron chi connectivity index (χ2n) is 5.71. The summed E-state index contributed by atoms with van der Waals surface area (Å²) in [5.41, 5.74) is 3.27. The lowest BCUT2D eigenvalue weighted by Crippen LogP contribution is -2.36. The molecule has 1 aromatic heterocycles. The van der Waals surface area contributed by atoms with Crippen molar-refractivity contribution < 1.29 is 4.74 Å². The van der Waals surface area contributed by atoms with E-state index in [0.717, 1.165) is 28.5 Å². The van der Waals surface area contributed by atoms with Gasteiger partial charge in [-0.15, -0.1) is 0 Å². The molecule has 0 fully saturated rings. The Balaban J connectivity index is 1.58. The van der Waals surface area contributed by atoms with Gasteiger partial charge in [-0.2, -0.15) is 5.10 Å². The highest BCUT2D eigenvalue weighted by atomic mass is 16.5. The van der Waals surface area contributed by atoms with Crippen molar-refractivity contribution in [2.24, 2.45) is 4.99 Å². The Kier molecular flexibility index (Phi) is 5.88. The zero-order chi connectivity index (χ0) is 18.2. The highest BCUT2D eigenvalue weighted by Crippen LogP contribution is 2.16. The van der Waals surface area contributed by atoms with Crippen LogP contribution in [0.1, 0.15) is 11.1 Å². The number of nitrogens with one attached hydrogen (secondary N) is 2. The quantitative estimate of drug-likeness (QED) is 0.531. The molecule has 3 rings (SSSR count). The first-order chi connectivity index (χ1) is 12.8. The van der Waals surface area contributed by atoms with Crippen molar-refractivity contribution >= 4 is 5.96 Å². The number of methoxy groups -OCH3 is 1. The summed E-state index contributed by atoms with van der Waals surface area (Å²) in [6.45, 7) is 1.30. The standard InChI is InChI=1S/C20H23N5O/c1-21-20(23-15-17-8-3-4-10-19(17)26-2)22-14-16-7-5-9-18(13-16)25-12-6-11-24-25/h3-13H,14-15H2,1-2H3,(H2,21,22,23). The topological polar surface area (TPSA) is 63.5 Å². The number of hydrogen-bond donors (Lipinski definition) is 2. The first-order valence-electron chi connectivity index (χ1n) is 8.45. The third-order valence-corrected chi connectivity index (χ3v) is 4.00. The first-order valence-corrected chi connectivity index (χ1v) is 8.45. The summed E-state index contributed by atoms with van der Waals surface area (Å²) >= 11 is 0. The van der Waals surface area contributed by atoms with Gasteiger partial charge in [-0.05, 0) is 29.8 Å². The molecule has 0 aliphatic rings. The van der Waals surface area contributed by atoms with Gasteiger partial charge in [-0.1, -0.05) is 30.3 Å². The van der Waals surface area contributed by atoms with Crippen LogP contribution in [0, 0.1) is 0 Å². The van der Waals surface area contributed by atoms with Crippen LogP contribution in [-0.2, 0) is 13.1 Å². The molecule has 6 heteroatoms. The number of aliphatic imine (C=N–C) groups is 1. The molecule has 0 unspecified atom stereocenters. The molecule has 6 nitrogen and oxygen atoms in total. The molecule has 0 atom stereocenters. The minimum atomic E-state index is 0.636. The summed E-state index contributed by atoms with van der Waals surface area (Å²) in [5.74, 6) is 1.60. The molecular weight excluding hydrogens is 326 g/mol. The van der Waals surface area contributed by atoms with Crippen LogP contribution >= 0.6 is 0 Å². The van der Waals surface area contributed by atoms with Gasteiger partial charge in [0.05, 0.1) is 12.8 Å². The largest absolute Gasteiger partial charge is 0.496 e. The van der Waals surface area contributed by atoms with Crippen LogP contribution in [0.25, 0.3) is 5.69 Å². The molecule has 26 heavy (non-hydrogen) atoms. The van der Waals surface area contributed by atoms with Crippen LogP contribution in [0.2, 0.25) is 0 Å². The summed E-state index contributed by atoms with van der Waals surface area (Å²) < 4.78 is 7.23. The molecule has 0 amide bonds. The van der Waals surface area contributed by atoms with Gasteiger partial charge >= 0.3 is 0 Å². The van der Waals surface area contributed by atoms with E-state index in [1.165, 1.54) is 0 Å². The average Bonchev–Trinajstić information content (AvgIpc) is 3.23. The maximum Gasteiger partial charge on any atom is 0.191 e. The Morgan fingerprint density at radius 1 is 1.08 bits per heavy atom. The van der Waals surface area contributed by atoms with Crippen LogP contribution in [0.15, 0.2) is 72.0 Å². The zero-order valence-electron chi connectivity index (χ0n) is 15.0. The Morgan fingerprint density at radius 2 is 1.92 bits per heavy atom. The van der Waals surface area contributed by atoms with Gasteiger partial charge in [0.1, 0.15) is 5.75 Å². The van der Waals surface area contributed by atoms with Gasteiger partial charge in [-0.25, -0.2) is 4.68 Å². The summed E-state index contributed by atoms with van der Waals surface area (Å²) in [6, 6.07) is 18.1. The Bertz CT molecular complexity index is 858. The lowest BCUT2D eigenvalue weighted by molar-refractivity contribution is 0.409. The van der Waals surface area contributed by atoms with Crippen LogP contribution in [-0.4, -0.2) is 29.9 Å². The van der Waals surface area contributed by atoms with Crippen molar-refractivity contribution in [3.05, 3.63) is 78.1 Å². The number of para-hydroxylation sites is 1. The number of guanidine groups is 1. The normalized spacial score (nSPS) is 11.2. The van der Waals surface area contributed by atoms with Crippen LogP contribution in [0.3, 0.4) is 0 Å². The van der Waals surface area contributed by atoms with Crippen molar-refractivity contribution in [3.8, 4) is 11.4 Å². The second kappa shape index (κ2) is 8.71. The SMILES string of the molecule is CN=C(NCc1cccc(-n2cccn2)c1)NCc1ccccc1OC. The van der Waals surface area contributed by atoms with E-state index < -0.39 is 0 Å². The van der Waals surface area contributed by atoms with Gasteiger partial charge in [0.25, 0.3) is 0 Å². The number of hydrogen-bond acceptors (Lipinski definition) is 3. The van der Waals surface area contributed by atoms with E-state index in [-0.39, 0.29) is 0 Å². The first kappa shape index (κ1) is 17.5. The molecule has 0 aliphatic carbocycles. The fourth-order valence-corrected chi connectivity index (χ4v) is 2.66. The van der Waals surface area contributed by atoms with E-state index in [1.54, 1.807) is 20.4 Å². The smallest absolute Gasteiger partial charge is 0.191 e. The third-order valence-electron chi connectivity index (χ3n) is 4.00. The van der Waals surface area contributed by atoms with Gasteiger partial charge in [0.2, 0.25) is 0 Å². The molecule has 0 spiro atoms. The number of nitrogens with zero attached hydrogens (tertiary/aromatic N) is 3. The van der Waals surface area contributed by atoms with Crippen LogP contribution < -0.4 is 15.4 Å². The molecule has 2 aromatic carbocycles. The highest BCUT2D eigenvalue weighted by Gasteiger charge is 2.04. The van der Waals surface area contributed by atoms with E-state index in [2.05, 4.69) is 32.9 Å². The predicted octanol–water partition coefficient (Wildman–Crippen LogP) is 2.75. The molecule has 3 aromatic rings. The lowest BCUT2D eigenvalue weighted by Gasteiger charge is -2.14. The average molecular weight is 349 g/mol. The van der Waals surface area contributed by atoms with Crippen LogP contribution in [0.4, 0.5) is 0 Å². The fraction of sp³-hybridized carbons (Fsp3) is 0.200. The number of benzene rings is 2. The Hall–Kier alpha value is -3.28. The minimum absolute atomic E-state index is 0.636. The predicted molar refractivity (Wildman–Crippen MR) is 104 cm³/mol. The third kappa shape index (κ3) is 4.42. The Labute approximate surface area is 153 Å². The highest BCUT2D eigenvalue weighted by molar-refractivity contribution is 5.79. The molecule has 0 saturated heterocycles. The fourth-order valence-electron chi connectivity index (χ4n) is 2.66. The van der Waals surface area contributed by atoms with Gasteiger partial charge in [-0.3, -0.25) is 4.99 Å². The maximum absolute atomic E-state index is 5.38. The van der Waals surface area contributed by atoms with E-state index in [1.807, 2.05) is 53.3 Å². The van der Waals surface area contributed by atoms with Crippen molar-refractivity contribution in [1.82, 2.24) is 20.4 Å². The van der Waals surface area contributed by atoms with Gasteiger partial charge in [0.15, 0.2) is 5.96 Å². The molecule has 0 saturated carbocycles. The molecule has 134 valence electrons. The summed E-state index contributed by atoms with van der Waals surface area (Å²) in [6.07, 6.45) is 3.70. The number of aromatic nitrogens is 2. The van der Waals surface area contributed by atoms with E-state index in [0.29, 0.717) is 13.1 Å². The molecule has 0 radical (unpaired) electrons. The van der Waals surface area contributed by atoms with E-state index in [9.17, 15) is 0 Å². The zero-order valence-corrected chi connectivity index (χ0v) is 15.0. The van der Waals surface area contributed by atoms with Crippen molar-refractivity contribution in [2.75, 3.05) is 14.2 Å². The number of ether oxygens (including phenoxy) is 1. The van der Waals surface area contributed by atoms with Gasteiger partial charge < -0.3 is 15.4 Å². The monoisotopic (exact) mass is 349 g/mol. The maximum atomic E-state index is 5.38. The lowest BCUT2D eigenvalue weighted by atomic mass is 10.2.